The zero-order chi connectivity index (χ0) is 16.9. The van der Waals surface area contributed by atoms with Crippen LogP contribution in [-0.2, 0) is 11.2 Å². The van der Waals surface area contributed by atoms with Gasteiger partial charge in [-0.05, 0) is 18.2 Å². The Morgan fingerprint density at radius 1 is 1.33 bits per heavy atom. The number of carbonyl (C=O) groups excluding carboxylic acids is 1. The van der Waals surface area contributed by atoms with Crippen LogP contribution in [0.3, 0.4) is 0 Å². The van der Waals surface area contributed by atoms with Crippen molar-refractivity contribution in [3.05, 3.63) is 58.1 Å². The van der Waals surface area contributed by atoms with Crippen LogP contribution in [0.2, 0.25) is 0 Å². The van der Waals surface area contributed by atoms with Crippen LogP contribution in [-0.4, -0.2) is 23.0 Å². The minimum absolute atomic E-state index is 0.131. The largest absolute Gasteiger partial charge is 0.481 e. The molecule has 3 aromatic rings. The lowest BCUT2D eigenvalue weighted by atomic mass is 10.2. The normalized spacial score (nSPS) is 10.4. The molecule has 0 aliphatic rings. The Morgan fingerprint density at radius 2 is 2.21 bits per heavy atom. The number of rotatable bonds is 5. The molecule has 0 saturated carbocycles. The van der Waals surface area contributed by atoms with Gasteiger partial charge in [-0.25, -0.2) is 9.97 Å². The molecule has 1 aromatic carbocycles. The molecule has 0 saturated heterocycles. The average Bonchev–Trinajstić information content (AvgIpc) is 3.04. The third-order valence-corrected chi connectivity index (χ3v) is 4.63. The molecule has 3 rings (SSSR count). The number of benzene rings is 1. The molecule has 0 aliphatic carbocycles. The van der Waals surface area contributed by atoms with Crippen molar-refractivity contribution in [3.8, 4) is 16.5 Å². The fraction of sp³-hybridized carbons (Fsp3) is 0.118. The van der Waals surface area contributed by atoms with Gasteiger partial charge < -0.3 is 10.1 Å². The van der Waals surface area contributed by atoms with Crippen LogP contribution in [0.25, 0.3) is 10.6 Å². The number of hydrogen-bond acceptors (Lipinski definition) is 5. The molecule has 0 bridgehead atoms. The smallest absolute Gasteiger partial charge is 0.230 e. The van der Waals surface area contributed by atoms with Crippen molar-refractivity contribution in [2.24, 2.45) is 0 Å². The highest BCUT2D eigenvalue weighted by atomic mass is 79.9. The Labute approximate surface area is 151 Å². The van der Waals surface area contributed by atoms with E-state index >= 15 is 0 Å². The van der Waals surface area contributed by atoms with Gasteiger partial charge in [0.1, 0.15) is 5.01 Å². The summed E-state index contributed by atoms with van der Waals surface area (Å²) in [5, 5.41) is 5.60. The van der Waals surface area contributed by atoms with Crippen LogP contribution in [0.15, 0.2) is 52.4 Å². The standard InChI is InChI=1S/C17H14BrN3O2S/c1-23-16-6-5-13(9-19-16)20-15(22)8-14-10-24-17(21-14)11-3-2-4-12(18)7-11/h2-7,9-10H,8H2,1H3,(H,20,22). The van der Waals surface area contributed by atoms with Gasteiger partial charge in [-0.15, -0.1) is 11.3 Å². The number of halogens is 1. The van der Waals surface area contributed by atoms with E-state index in [-0.39, 0.29) is 12.3 Å². The van der Waals surface area contributed by atoms with Gasteiger partial charge in [-0.2, -0.15) is 0 Å². The Balaban J connectivity index is 1.64. The van der Waals surface area contributed by atoms with E-state index in [0.717, 1.165) is 20.7 Å². The van der Waals surface area contributed by atoms with Crippen LogP contribution >= 0.6 is 27.3 Å². The molecule has 0 atom stereocenters. The molecule has 0 aliphatic heterocycles. The van der Waals surface area contributed by atoms with Gasteiger partial charge in [0.2, 0.25) is 11.8 Å². The molecule has 0 fully saturated rings. The second-order valence-electron chi connectivity index (χ2n) is 4.97. The van der Waals surface area contributed by atoms with Crippen molar-refractivity contribution >= 4 is 38.9 Å². The lowest BCUT2D eigenvalue weighted by molar-refractivity contribution is -0.115. The first-order valence-corrected chi connectivity index (χ1v) is 8.81. The highest BCUT2D eigenvalue weighted by Gasteiger charge is 2.10. The number of amides is 1. The molecular weight excluding hydrogens is 390 g/mol. The summed E-state index contributed by atoms with van der Waals surface area (Å²) < 4.78 is 5.99. The second-order valence-corrected chi connectivity index (χ2v) is 6.74. The summed E-state index contributed by atoms with van der Waals surface area (Å²) in [6, 6.07) is 11.4. The molecule has 5 nitrogen and oxygen atoms in total. The van der Waals surface area contributed by atoms with Gasteiger partial charge in [-0.1, -0.05) is 28.1 Å². The summed E-state index contributed by atoms with van der Waals surface area (Å²) in [5.74, 6) is 0.374. The van der Waals surface area contributed by atoms with Gasteiger partial charge in [0.25, 0.3) is 0 Å². The zero-order valence-electron chi connectivity index (χ0n) is 12.8. The molecule has 0 radical (unpaired) electrons. The third kappa shape index (κ3) is 4.18. The molecule has 24 heavy (non-hydrogen) atoms. The van der Waals surface area contributed by atoms with E-state index in [1.807, 2.05) is 29.6 Å². The van der Waals surface area contributed by atoms with Gasteiger partial charge in [0, 0.05) is 21.5 Å². The number of thiazole rings is 1. The number of methoxy groups -OCH3 is 1. The third-order valence-electron chi connectivity index (χ3n) is 3.19. The van der Waals surface area contributed by atoms with Crippen molar-refractivity contribution in [2.45, 2.75) is 6.42 Å². The maximum atomic E-state index is 12.1. The van der Waals surface area contributed by atoms with Gasteiger partial charge in [0.05, 0.1) is 31.1 Å². The summed E-state index contributed by atoms with van der Waals surface area (Å²) >= 11 is 4.98. The van der Waals surface area contributed by atoms with Crippen LogP contribution in [0.5, 0.6) is 5.88 Å². The van der Waals surface area contributed by atoms with E-state index in [1.54, 1.807) is 25.4 Å². The Kier molecular flexibility index (Phi) is 5.22. The summed E-state index contributed by atoms with van der Waals surface area (Å²) in [5.41, 5.74) is 2.40. The van der Waals surface area contributed by atoms with Gasteiger partial charge in [0.15, 0.2) is 0 Å². The van der Waals surface area contributed by atoms with E-state index in [2.05, 4.69) is 31.2 Å². The van der Waals surface area contributed by atoms with E-state index in [0.29, 0.717) is 11.6 Å². The fourth-order valence-corrected chi connectivity index (χ4v) is 3.30. The molecule has 0 unspecified atom stereocenters. The number of ether oxygens (including phenoxy) is 1. The molecule has 2 aromatic heterocycles. The summed E-state index contributed by atoms with van der Waals surface area (Å²) in [6.07, 6.45) is 1.78. The van der Waals surface area contributed by atoms with Crippen molar-refractivity contribution in [2.75, 3.05) is 12.4 Å². The Bertz CT molecular complexity index is 849. The van der Waals surface area contributed by atoms with Crippen molar-refractivity contribution in [1.82, 2.24) is 9.97 Å². The van der Waals surface area contributed by atoms with Crippen molar-refractivity contribution in [3.63, 3.8) is 0 Å². The number of carbonyl (C=O) groups is 1. The molecular formula is C17H14BrN3O2S. The summed E-state index contributed by atoms with van der Waals surface area (Å²) in [4.78, 5) is 20.7. The number of anilines is 1. The minimum atomic E-state index is -0.131. The average molecular weight is 404 g/mol. The van der Waals surface area contributed by atoms with Crippen LogP contribution in [0.1, 0.15) is 5.69 Å². The fourth-order valence-electron chi connectivity index (χ4n) is 2.09. The van der Waals surface area contributed by atoms with Crippen LogP contribution in [0, 0.1) is 0 Å². The topological polar surface area (TPSA) is 64.1 Å². The van der Waals surface area contributed by atoms with E-state index in [9.17, 15) is 4.79 Å². The molecule has 2 heterocycles. The van der Waals surface area contributed by atoms with Crippen molar-refractivity contribution in [1.29, 1.82) is 0 Å². The number of aromatic nitrogens is 2. The summed E-state index contributed by atoms with van der Waals surface area (Å²) in [7, 11) is 1.55. The molecule has 0 spiro atoms. The minimum Gasteiger partial charge on any atom is -0.481 e. The highest BCUT2D eigenvalue weighted by molar-refractivity contribution is 9.10. The number of pyridine rings is 1. The van der Waals surface area contributed by atoms with Crippen LogP contribution in [0.4, 0.5) is 5.69 Å². The van der Waals surface area contributed by atoms with E-state index in [4.69, 9.17) is 4.74 Å². The first kappa shape index (κ1) is 16.6. The molecule has 7 heteroatoms. The van der Waals surface area contributed by atoms with E-state index < -0.39 is 0 Å². The number of nitrogens with one attached hydrogen (secondary N) is 1. The van der Waals surface area contributed by atoms with Gasteiger partial charge in [-0.3, -0.25) is 4.79 Å². The SMILES string of the molecule is COc1ccc(NC(=O)Cc2csc(-c3cccc(Br)c3)n2)cn1. The zero-order valence-corrected chi connectivity index (χ0v) is 15.2. The monoisotopic (exact) mass is 403 g/mol. The number of hydrogen-bond donors (Lipinski definition) is 1. The maximum Gasteiger partial charge on any atom is 0.230 e. The molecule has 1 amide bonds. The predicted octanol–water partition coefficient (Wildman–Crippen LogP) is 4.16. The lowest BCUT2D eigenvalue weighted by Gasteiger charge is -2.04. The quantitative estimate of drug-likeness (QED) is 0.694. The predicted molar refractivity (Wildman–Crippen MR) is 98.4 cm³/mol. The first-order valence-electron chi connectivity index (χ1n) is 7.14. The van der Waals surface area contributed by atoms with E-state index in [1.165, 1.54) is 11.3 Å². The molecule has 1 N–H and O–H groups in total. The Morgan fingerprint density at radius 3 is 2.92 bits per heavy atom. The summed E-state index contributed by atoms with van der Waals surface area (Å²) in [6.45, 7) is 0. The molecule has 122 valence electrons. The second kappa shape index (κ2) is 7.55. The van der Waals surface area contributed by atoms with Crippen LogP contribution < -0.4 is 10.1 Å². The Hall–Kier alpha value is -2.25. The highest BCUT2D eigenvalue weighted by Crippen LogP contribution is 2.26. The first-order chi connectivity index (χ1) is 11.6. The van der Waals surface area contributed by atoms with Gasteiger partial charge >= 0.3 is 0 Å². The van der Waals surface area contributed by atoms with Crippen molar-refractivity contribution < 1.29 is 9.53 Å². The number of nitrogens with zero attached hydrogens (tertiary/aromatic N) is 2. The lowest BCUT2D eigenvalue weighted by Crippen LogP contribution is -2.14. The maximum absolute atomic E-state index is 12.1.